The lowest BCUT2D eigenvalue weighted by Crippen LogP contribution is -2.35. The first kappa shape index (κ1) is 10.6. The first-order valence-electron chi connectivity index (χ1n) is 4.48. The molecule has 0 aromatic carbocycles. The van der Waals surface area contributed by atoms with Crippen molar-refractivity contribution in [2.45, 2.75) is 38.0 Å². The molecule has 3 nitrogen and oxygen atoms in total. The Morgan fingerprint density at radius 2 is 2.23 bits per heavy atom. The molecule has 4 heteroatoms. The van der Waals surface area contributed by atoms with Crippen LogP contribution in [0, 0.1) is 0 Å². The minimum atomic E-state index is -0.132. The van der Waals surface area contributed by atoms with Crippen molar-refractivity contribution >= 4 is 23.5 Å². The number of ketones is 1. The monoisotopic (exact) mass is 201 g/mol. The van der Waals surface area contributed by atoms with E-state index in [1.807, 2.05) is 11.8 Å². The molecular weight excluding hydrogens is 186 g/mol. The van der Waals surface area contributed by atoms with Crippen LogP contribution in [-0.4, -0.2) is 28.7 Å². The number of carbonyl (C=O) groups excluding carboxylic acids is 2. The van der Waals surface area contributed by atoms with E-state index in [1.165, 1.54) is 6.92 Å². The average molecular weight is 201 g/mol. The van der Waals surface area contributed by atoms with Gasteiger partial charge in [-0.25, -0.2) is 0 Å². The molecule has 1 aliphatic rings. The topological polar surface area (TPSA) is 46.2 Å². The van der Waals surface area contributed by atoms with Crippen LogP contribution in [0.5, 0.6) is 0 Å². The van der Waals surface area contributed by atoms with Gasteiger partial charge >= 0.3 is 0 Å². The van der Waals surface area contributed by atoms with E-state index >= 15 is 0 Å². The van der Waals surface area contributed by atoms with Gasteiger partial charge in [0.05, 0.1) is 6.42 Å². The Labute approximate surface area is 82.6 Å². The number of amides is 1. The molecule has 1 fully saturated rings. The van der Waals surface area contributed by atoms with Gasteiger partial charge in [0, 0.05) is 17.0 Å². The Morgan fingerprint density at radius 1 is 1.54 bits per heavy atom. The number of rotatable bonds is 3. The average Bonchev–Trinajstić information content (AvgIpc) is 2.33. The molecule has 0 radical (unpaired) electrons. The molecule has 0 bridgehead atoms. The van der Waals surface area contributed by atoms with Crippen molar-refractivity contribution in [1.82, 2.24) is 5.32 Å². The third-order valence-corrected chi connectivity index (χ3v) is 3.33. The molecule has 1 rings (SSSR count). The SMILES string of the molecule is CC(=O)CC(=O)NC1CSC(C)C1. The van der Waals surface area contributed by atoms with Crippen LogP contribution >= 0.6 is 11.8 Å². The summed E-state index contributed by atoms with van der Waals surface area (Å²) in [5, 5.41) is 3.49. The summed E-state index contributed by atoms with van der Waals surface area (Å²) in [5.74, 6) is 0.772. The molecule has 0 aliphatic carbocycles. The van der Waals surface area contributed by atoms with Crippen molar-refractivity contribution in [2.75, 3.05) is 5.75 Å². The fraction of sp³-hybridized carbons (Fsp3) is 0.778. The van der Waals surface area contributed by atoms with Gasteiger partial charge in [-0.3, -0.25) is 9.59 Å². The summed E-state index contributed by atoms with van der Waals surface area (Å²) in [7, 11) is 0. The smallest absolute Gasteiger partial charge is 0.227 e. The largest absolute Gasteiger partial charge is 0.352 e. The van der Waals surface area contributed by atoms with E-state index in [-0.39, 0.29) is 24.2 Å². The van der Waals surface area contributed by atoms with Crippen LogP contribution in [0.4, 0.5) is 0 Å². The highest BCUT2D eigenvalue weighted by Gasteiger charge is 2.23. The highest BCUT2D eigenvalue weighted by molar-refractivity contribution is 8.00. The molecule has 1 saturated heterocycles. The fourth-order valence-electron chi connectivity index (χ4n) is 1.42. The van der Waals surface area contributed by atoms with E-state index in [0.29, 0.717) is 5.25 Å². The van der Waals surface area contributed by atoms with Gasteiger partial charge in [-0.15, -0.1) is 0 Å². The Kier molecular flexibility index (Phi) is 3.78. The molecule has 1 aliphatic heterocycles. The molecule has 1 amide bonds. The van der Waals surface area contributed by atoms with Crippen LogP contribution in [0.25, 0.3) is 0 Å². The number of Topliss-reactive ketones (excluding diaryl/α,β-unsaturated/α-hetero) is 1. The van der Waals surface area contributed by atoms with Gasteiger partial charge in [0.25, 0.3) is 0 Å². The van der Waals surface area contributed by atoms with Gasteiger partial charge in [-0.2, -0.15) is 11.8 Å². The molecule has 13 heavy (non-hydrogen) atoms. The maximum absolute atomic E-state index is 11.2. The quantitative estimate of drug-likeness (QED) is 0.692. The van der Waals surface area contributed by atoms with Gasteiger partial charge in [0.15, 0.2) is 0 Å². The van der Waals surface area contributed by atoms with Crippen LogP contribution in [-0.2, 0) is 9.59 Å². The summed E-state index contributed by atoms with van der Waals surface area (Å²) in [6, 6.07) is 0.270. The van der Waals surface area contributed by atoms with Crippen molar-refractivity contribution in [1.29, 1.82) is 0 Å². The first-order valence-corrected chi connectivity index (χ1v) is 5.53. The van der Waals surface area contributed by atoms with Gasteiger partial charge in [-0.1, -0.05) is 6.92 Å². The Balaban J connectivity index is 2.24. The second kappa shape index (κ2) is 4.65. The molecule has 0 spiro atoms. The molecule has 0 aromatic heterocycles. The van der Waals surface area contributed by atoms with Gasteiger partial charge < -0.3 is 5.32 Å². The number of hydrogen-bond donors (Lipinski definition) is 1. The molecule has 0 saturated carbocycles. The summed E-state index contributed by atoms with van der Waals surface area (Å²) in [5.41, 5.74) is 0. The van der Waals surface area contributed by atoms with E-state index in [9.17, 15) is 9.59 Å². The second-order valence-electron chi connectivity index (χ2n) is 3.52. The zero-order valence-electron chi connectivity index (χ0n) is 8.00. The van der Waals surface area contributed by atoms with Crippen molar-refractivity contribution < 1.29 is 9.59 Å². The highest BCUT2D eigenvalue weighted by atomic mass is 32.2. The molecule has 2 unspecified atom stereocenters. The van der Waals surface area contributed by atoms with Crippen molar-refractivity contribution in [3.8, 4) is 0 Å². The maximum Gasteiger partial charge on any atom is 0.227 e. The molecule has 2 atom stereocenters. The Morgan fingerprint density at radius 3 is 2.69 bits per heavy atom. The van der Waals surface area contributed by atoms with E-state index in [4.69, 9.17) is 0 Å². The number of carbonyl (C=O) groups is 2. The third kappa shape index (κ3) is 3.81. The minimum absolute atomic E-state index is 0.0234. The molecule has 74 valence electrons. The van der Waals surface area contributed by atoms with E-state index in [1.54, 1.807) is 0 Å². The fourth-order valence-corrected chi connectivity index (χ4v) is 2.57. The maximum atomic E-state index is 11.2. The zero-order valence-corrected chi connectivity index (χ0v) is 8.82. The summed E-state index contributed by atoms with van der Waals surface area (Å²) >= 11 is 1.87. The summed E-state index contributed by atoms with van der Waals surface area (Å²) in [6.07, 6.45) is 1.05. The standard InChI is InChI=1S/C9H15NO2S/c1-6(11)3-9(12)10-8-4-7(2)13-5-8/h7-8H,3-5H2,1-2H3,(H,10,12). The number of nitrogens with one attached hydrogen (secondary N) is 1. The van der Waals surface area contributed by atoms with Gasteiger partial charge in [0.1, 0.15) is 5.78 Å². The van der Waals surface area contributed by atoms with E-state index in [2.05, 4.69) is 12.2 Å². The normalized spacial score (nSPS) is 27.2. The van der Waals surface area contributed by atoms with E-state index in [0.717, 1.165) is 12.2 Å². The van der Waals surface area contributed by atoms with Crippen molar-refractivity contribution in [2.24, 2.45) is 0 Å². The number of hydrogen-bond acceptors (Lipinski definition) is 3. The summed E-state index contributed by atoms with van der Waals surface area (Å²) in [4.78, 5) is 21.8. The first-order chi connectivity index (χ1) is 6.08. The Bertz CT molecular complexity index is 218. The number of thioether (sulfide) groups is 1. The summed E-state index contributed by atoms with van der Waals surface area (Å²) < 4.78 is 0. The lowest BCUT2D eigenvalue weighted by atomic mass is 10.2. The van der Waals surface area contributed by atoms with Crippen molar-refractivity contribution in [3.05, 3.63) is 0 Å². The minimum Gasteiger partial charge on any atom is -0.352 e. The van der Waals surface area contributed by atoms with Crippen molar-refractivity contribution in [3.63, 3.8) is 0 Å². The van der Waals surface area contributed by atoms with Gasteiger partial charge in [0.2, 0.25) is 5.91 Å². The van der Waals surface area contributed by atoms with Crippen LogP contribution in [0.3, 0.4) is 0 Å². The predicted octanol–water partition coefficient (Wildman–Crippen LogP) is 0.976. The lowest BCUT2D eigenvalue weighted by molar-refractivity contribution is -0.127. The molecule has 1 N–H and O–H groups in total. The summed E-state index contributed by atoms with van der Waals surface area (Å²) in [6.45, 7) is 3.59. The second-order valence-corrected chi connectivity index (χ2v) is 4.99. The van der Waals surface area contributed by atoms with Crippen LogP contribution < -0.4 is 5.32 Å². The molecular formula is C9H15NO2S. The Hall–Kier alpha value is -0.510. The molecule has 1 heterocycles. The van der Waals surface area contributed by atoms with Crippen LogP contribution in [0.1, 0.15) is 26.7 Å². The van der Waals surface area contributed by atoms with Crippen LogP contribution in [0.15, 0.2) is 0 Å². The zero-order chi connectivity index (χ0) is 9.84. The third-order valence-electron chi connectivity index (χ3n) is 1.97. The lowest BCUT2D eigenvalue weighted by Gasteiger charge is -2.10. The van der Waals surface area contributed by atoms with Crippen LogP contribution in [0.2, 0.25) is 0 Å². The van der Waals surface area contributed by atoms with E-state index < -0.39 is 0 Å². The molecule has 0 aromatic rings. The highest BCUT2D eigenvalue weighted by Crippen LogP contribution is 2.25. The van der Waals surface area contributed by atoms with Gasteiger partial charge in [-0.05, 0) is 13.3 Å². The predicted molar refractivity (Wildman–Crippen MR) is 53.8 cm³/mol.